The monoisotopic (exact) mass is 1080 g/mol. The summed E-state index contributed by atoms with van der Waals surface area (Å²) in [5.41, 5.74) is 11.8. The van der Waals surface area contributed by atoms with Gasteiger partial charge in [-0.3, -0.25) is 0 Å². The van der Waals surface area contributed by atoms with Crippen LogP contribution in [-0.2, 0) is 0 Å². The lowest BCUT2D eigenvalue weighted by molar-refractivity contribution is 1.17. The lowest BCUT2D eigenvalue weighted by Gasteiger charge is -2.35. The Bertz CT molecular complexity index is 4600. The lowest BCUT2D eigenvalue weighted by atomic mass is 10.1. The third kappa shape index (κ3) is 7.90. The maximum absolute atomic E-state index is 3.10. The second kappa shape index (κ2) is 20.5. The smallest absolute Gasteiger partial charge is 0.180 e. The van der Waals surface area contributed by atoms with Gasteiger partial charge in [-0.15, -0.1) is 0 Å². The zero-order chi connectivity index (χ0) is 54.5. The van der Waals surface area contributed by atoms with Crippen LogP contribution in [-0.4, -0.2) is 25.3 Å². The van der Waals surface area contributed by atoms with E-state index in [2.05, 4.69) is 349 Å². The molecule has 386 valence electrons. The van der Waals surface area contributed by atoms with E-state index in [1.807, 2.05) is 0 Å². The fourth-order valence-corrected chi connectivity index (χ4v) is 23.5. The first-order valence-corrected chi connectivity index (χ1v) is 32.4. The molecule has 15 aromatic rings. The summed E-state index contributed by atoms with van der Waals surface area (Å²) in [5, 5.41) is 15.8. The van der Waals surface area contributed by atoms with Gasteiger partial charge in [0.25, 0.3) is 0 Å². The van der Waals surface area contributed by atoms with Gasteiger partial charge in [-0.25, -0.2) is 0 Å². The number of para-hydroxylation sites is 2. The van der Waals surface area contributed by atoms with Crippen LogP contribution in [0.1, 0.15) is 0 Å². The molecule has 0 atom stereocenters. The molecule has 0 saturated heterocycles. The van der Waals surface area contributed by atoms with Crippen molar-refractivity contribution in [1.29, 1.82) is 0 Å². The number of rotatable bonds is 12. The van der Waals surface area contributed by atoms with Crippen molar-refractivity contribution in [3.05, 3.63) is 340 Å². The van der Waals surface area contributed by atoms with Gasteiger partial charge in [-0.1, -0.05) is 291 Å². The highest BCUT2D eigenvalue weighted by atomic mass is 28.3. The van der Waals surface area contributed by atoms with E-state index in [1.165, 1.54) is 102 Å². The minimum absolute atomic E-state index is 1.13. The second-order valence-corrected chi connectivity index (χ2v) is 29.1. The van der Waals surface area contributed by atoms with E-state index in [1.54, 1.807) is 0 Å². The van der Waals surface area contributed by atoms with Gasteiger partial charge in [0.2, 0.25) is 0 Å². The lowest BCUT2D eigenvalue weighted by Crippen LogP contribution is -2.74. The summed E-state index contributed by atoms with van der Waals surface area (Å²) in [6, 6.07) is 127. The van der Waals surface area contributed by atoms with E-state index in [0.717, 1.165) is 16.9 Å². The van der Waals surface area contributed by atoms with Crippen LogP contribution in [0.2, 0.25) is 0 Å². The van der Waals surface area contributed by atoms with Crippen LogP contribution in [0.25, 0.3) is 77.2 Å². The molecule has 0 spiro atoms. The van der Waals surface area contributed by atoms with Crippen molar-refractivity contribution in [2.45, 2.75) is 0 Å². The molecule has 4 heteroatoms. The Labute approximate surface area is 480 Å². The van der Waals surface area contributed by atoms with Crippen molar-refractivity contribution in [2.24, 2.45) is 0 Å². The molecule has 0 aliphatic rings. The molecule has 0 amide bonds. The molecule has 2 aromatic heterocycles. The summed E-state index contributed by atoms with van der Waals surface area (Å²) in [4.78, 5) is 0. The molecule has 2 heterocycles. The highest BCUT2D eigenvalue weighted by molar-refractivity contribution is 7.21. The average molecular weight is 1080 g/mol. The van der Waals surface area contributed by atoms with Gasteiger partial charge in [0.05, 0.1) is 22.1 Å². The number of hydrogen-bond donors (Lipinski definition) is 0. The van der Waals surface area contributed by atoms with Crippen LogP contribution in [0.5, 0.6) is 0 Å². The Morgan fingerprint density at radius 2 is 0.549 bits per heavy atom. The molecule has 82 heavy (non-hydrogen) atoms. The number of fused-ring (bicyclic) bond motifs is 6. The van der Waals surface area contributed by atoms with Crippen molar-refractivity contribution >= 4 is 101 Å². The topological polar surface area (TPSA) is 9.86 Å². The molecule has 13 aromatic carbocycles. The third-order valence-corrected chi connectivity index (χ3v) is 26.7. The molecule has 0 bridgehead atoms. The molecule has 0 fully saturated rings. The number of benzene rings is 13. The predicted octanol–water partition coefficient (Wildman–Crippen LogP) is 14.0. The summed E-state index contributed by atoms with van der Waals surface area (Å²) in [5.74, 6) is 0. The number of aromatic nitrogens is 2. The molecule has 0 radical (unpaired) electrons. The first-order chi connectivity index (χ1) is 40.7. The maximum atomic E-state index is 2.52. The molecule has 0 aliphatic heterocycles. The largest absolute Gasteiger partial charge is 0.309 e. The van der Waals surface area contributed by atoms with Crippen LogP contribution in [0.3, 0.4) is 0 Å². The van der Waals surface area contributed by atoms with Gasteiger partial charge < -0.3 is 9.13 Å². The molecular weight excluding hydrogens is 1020 g/mol. The first kappa shape index (κ1) is 49.0. The second-order valence-electron chi connectivity index (χ2n) is 21.5. The van der Waals surface area contributed by atoms with Gasteiger partial charge in [-0.05, 0) is 112 Å². The van der Waals surface area contributed by atoms with Crippen LogP contribution in [0.4, 0.5) is 0 Å². The number of nitrogens with zero attached hydrogens (tertiary/aromatic N) is 2. The van der Waals surface area contributed by atoms with E-state index >= 15 is 0 Å². The fourth-order valence-electron chi connectivity index (χ4n) is 13.7. The molecule has 15 rings (SSSR count). The normalized spacial score (nSPS) is 11.9. The quantitative estimate of drug-likeness (QED) is 0.0852. The van der Waals surface area contributed by atoms with Crippen molar-refractivity contribution in [2.75, 3.05) is 0 Å². The van der Waals surface area contributed by atoms with Gasteiger partial charge in [-0.2, -0.15) is 0 Å². The van der Waals surface area contributed by atoms with Crippen molar-refractivity contribution in [1.82, 2.24) is 9.13 Å². The molecule has 0 N–H and O–H groups in total. The summed E-state index contributed by atoms with van der Waals surface area (Å²) >= 11 is 0. The fraction of sp³-hybridized carbons (Fsp3) is 0. The first-order valence-electron chi connectivity index (χ1n) is 28.4. The molecule has 0 aliphatic carbocycles. The molecular formula is C78H56N2Si2. The SMILES string of the molecule is c1ccc(-c2cccc([Si](c3ccccc3)(c3cccc(-c4ccccc4)c3)c3cccc(-n4c5ccccc5c5cc(-n6c7ccccc7c7c([Si](c8ccccc8)(c8ccccc8)c8ccccc8)cccc76)ccc54)c3)c2)cc1. The zero-order valence-corrected chi connectivity index (χ0v) is 47.2. The zero-order valence-electron chi connectivity index (χ0n) is 45.2. The van der Waals surface area contributed by atoms with Gasteiger partial charge >= 0.3 is 0 Å². The number of hydrogen-bond acceptors (Lipinski definition) is 0. The van der Waals surface area contributed by atoms with Crippen LogP contribution in [0.15, 0.2) is 340 Å². The van der Waals surface area contributed by atoms with E-state index in [-0.39, 0.29) is 0 Å². The van der Waals surface area contributed by atoms with E-state index in [4.69, 9.17) is 0 Å². The highest BCUT2D eigenvalue weighted by Crippen LogP contribution is 2.37. The van der Waals surface area contributed by atoms with E-state index in [9.17, 15) is 0 Å². The maximum Gasteiger partial charge on any atom is 0.180 e. The molecule has 2 nitrogen and oxygen atoms in total. The Morgan fingerprint density at radius 1 is 0.195 bits per heavy atom. The van der Waals surface area contributed by atoms with Crippen LogP contribution < -0.4 is 41.5 Å². The third-order valence-electron chi connectivity index (χ3n) is 17.2. The van der Waals surface area contributed by atoms with Crippen LogP contribution >= 0.6 is 0 Å². The summed E-state index contributed by atoms with van der Waals surface area (Å²) < 4.78 is 5.03. The average Bonchev–Trinajstić information content (AvgIpc) is 3.05. The molecule has 0 saturated carbocycles. The standard InChI is InChI=1S/C78H56N2Si2/c1-7-27-57(28-8-1)59-31-23-42-67(53-59)81(63-34-11-3-12-35-63,68-43-24-32-60(54-68)58-29-9-2-10-30-58)69-44-25-33-61(55-69)79-73-47-21-19-45-70(73)72-56-62(51-52-75(72)79)80-74-48-22-20-46-71(74)78-76(80)49-26-50-77(78)82(64-36-13-4-14-37-64,65-38-15-5-16-39-65)66-40-17-6-18-41-66/h1-56H. The van der Waals surface area contributed by atoms with Gasteiger partial charge in [0.1, 0.15) is 0 Å². The van der Waals surface area contributed by atoms with Gasteiger partial charge in [0.15, 0.2) is 16.1 Å². The summed E-state index contributed by atoms with van der Waals surface area (Å²) in [7, 11) is -6.02. The minimum Gasteiger partial charge on any atom is -0.309 e. The summed E-state index contributed by atoms with van der Waals surface area (Å²) in [6.45, 7) is 0. The van der Waals surface area contributed by atoms with Crippen molar-refractivity contribution in [3.63, 3.8) is 0 Å². The van der Waals surface area contributed by atoms with E-state index < -0.39 is 16.1 Å². The predicted molar refractivity (Wildman–Crippen MR) is 353 cm³/mol. The minimum atomic E-state index is -3.10. The Hall–Kier alpha value is -10.1. The van der Waals surface area contributed by atoms with Crippen molar-refractivity contribution in [3.8, 4) is 33.6 Å². The highest BCUT2D eigenvalue weighted by Gasteiger charge is 2.44. The van der Waals surface area contributed by atoms with Crippen LogP contribution in [0, 0.1) is 0 Å². The Morgan fingerprint density at radius 3 is 1.09 bits per heavy atom. The molecule has 0 unspecified atom stereocenters. The summed E-state index contributed by atoms with van der Waals surface area (Å²) in [6.07, 6.45) is 0. The Kier molecular flexibility index (Phi) is 12.3. The van der Waals surface area contributed by atoms with Crippen molar-refractivity contribution < 1.29 is 0 Å². The Balaban J connectivity index is 0.956. The van der Waals surface area contributed by atoms with E-state index in [0.29, 0.717) is 0 Å². The van der Waals surface area contributed by atoms with Gasteiger partial charge in [0, 0.05) is 32.9 Å².